The van der Waals surface area contributed by atoms with Crippen LogP contribution in [0.1, 0.15) is 28.4 Å². The zero-order chi connectivity index (χ0) is 23.2. The molecular formula is C27H24ClN3O2. The van der Waals surface area contributed by atoms with Gasteiger partial charge in [-0.15, -0.1) is 0 Å². The molecule has 0 fully saturated rings. The summed E-state index contributed by atoms with van der Waals surface area (Å²) in [6.07, 6.45) is 3.69. The van der Waals surface area contributed by atoms with Crippen LogP contribution in [0, 0.1) is 0 Å². The normalized spacial score (nSPS) is 11.4. The van der Waals surface area contributed by atoms with Gasteiger partial charge in [-0.3, -0.25) is 9.59 Å². The van der Waals surface area contributed by atoms with Gasteiger partial charge in [0, 0.05) is 35.8 Å². The van der Waals surface area contributed by atoms with E-state index in [1.165, 1.54) is 0 Å². The van der Waals surface area contributed by atoms with Crippen LogP contribution in [-0.4, -0.2) is 16.4 Å². The molecule has 0 radical (unpaired) electrons. The van der Waals surface area contributed by atoms with Gasteiger partial charge in [0.05, 0.1) is 10.6 Å². The highest BCUT2D eigenvalue weighted by molar-refractivity contribution is 6.34. The van der Waals surface area contributed by atoms with E-state index in [9.17, 15) is 9.59 Å². The summed E-state index contributed by atoms with van der Waals surface area (Å²) in [6, 6.07) is 24.3. The van der Waals surface area contributed by atoms with Crippen molar-refractivity contribution in [2.24, 2.45) is 0 Å². The largest absolute Gasteiger partial charge is 0.347 e. The van der Waals surface area contributed by atoms with Crippen LogP contribution in [0.15, 0.2) is 90.8 Å². The molecule has 1 heterocycles. The van der Waals surface area contributed by atoms with E-state index in [0.717, 1.165) is 28.6 Å². The molecule has 33 heavy (non-hydrogen) atoms. The van der Waals surface area contributed by atoms with Gasteiger partial charge >= 0.3 is 0 Å². The minimum atomic E-state index is -0.444. The number of fused-ring (bicyclic) bond motifs is 1. The van der Waals surface area contributed by atoms with E-state index in [2.05, 4.69) is 22.1 Å². The first kappa shape index (κ1) is 22.4. The fraction of sp³-hybridized carbons (Fsp3) is 0.111. The predicted octanol–water partition coefficient (Wildman–Crippen LogP) is 5.40. The number of rotatable bonds is 7. The van der Waals surface area contributed by atoms with Gasteiger partial charge in [0.1, 0.15) is 5.70 Å². The number of hydrogen-bond acceptors (Lipinski definition) is 2. The summed E-state index contributed by atoms with van der Waals surface area (Å²) in [5, 5.41) is 6.99. The van der Waals surface area contributed by atoms with E-state index < -0.39 is 5.91 Å². The number of para-hydroxylation sites is 1. The van der Waals surface area contributed by atoms with Gasteiger partial charge in [-0.25, -0.2) is 0 Å². The lowest BCUT2D eigenvalue weighted by atomic mass is 10.1. The maximum Gasteiger partial charge on any atom is 0.268 e. The number of hydrogen-bond donors (Lipinski definition) is 2. The molecule has 1 aromatic heterocycles. The second-order valence-corrected chi connectivity index (χ2v) is 7.96. The van der Waals surface area contributed by atoms with Crippen molar-refractivity contribution >= 4 is 40.4 Å². The minimum Gasteiger partial charge on any atom is -0.347 e. The summed E-state index contributed by atoms with van der Waals surface area (Å²) in [6.45, 7) is 3.19. The molecule has 166 valence electrons. The van der Waals surface area contributed by atoms with E-state index >= 15 is 0 Å². The SMILES string of the molecule is CCn1cc(/C=C(\NC(=O)c2ccccc2Cl)C(=O)NCc2ccccc2)c2ccccc21. The quantitative estimate of drug-likeness (QED) is 0.365. The predicted molar refractivity (Wildman–Crippen MR) is 133 cm³/mol. The Morgan fingerprint density at radius 1 is 0.939 bits per heavy atom. The number of aryl methyl sites for hydroxylation is 1. The van der Waals surface area contributed by atoms with E-state index in [1.54, 1.807) is 30.3 Å². The van der Waals surface area contributed by atoms with Crippen molar-refractivity contribution < 1.29 is 9.59 Å². The number of carbonyl (C=O) groups excluding carboxylic acids is 2. The topological polar surface area (TPSA) is 63.1 Å². The Hall–Kier alpha value is -3.83. The third-order valence-electron chi connectivity index (χ3n) is 5.37. The van der Waals surface area contributed by atoms with Gasteiger partial charge in [0.25, 0.3) is 11.8 Å². The Kier molecular flexibility index (Phi) is 6.91. The number of amides is 2. The van der Waals surface area contributed by atoms with Crippen LogP contribution in [0.4, 0.5) is 0 Å². The second-order valence-electron chi connectivity index (χ2n) is 7.55. The van der Waals surface area contributed by atoms with Crippen molar-refractivity contribution in [2.45, 2.75) is 20.0 Å². The molecule has 0 aliphatic rings. The number of aromatic nitrogens is 1. The Morgan fingerprint density at radius 2 is 1.64 bits per heavy atom. The number of carbonyl (C=O) groups is 2. The molecule has 0 atom stereocenters. The molecule has 0 unspecified atom stereocenters. The highest BCUT2D eigenvalue weighted by atomic mass is 35.5. The molecule has 2 amide bonds. The van der Waals surface area contributed by atoms with Gasteiger partial charge in [-0.05, 0) is 36.8 Å². The van der Waals surface area contributed by atoms with E-state index in [1.807, 2.05) is 60.8 Å². The summed E-state index contributed by atoms with van der Waals surface area (Å²) >= 11 is 6.20. The number of benzene rings is 3. The first-order valence-electron chi connectivity index (χ1n) is 10.7. The average molecular weight is 458 g/mol. The zero-order valence-corrected chi connectivity index (χ0v) is 19.0. The van der Waals surface area contributed by atoms with Crippen LogP contribution in [-0.2, 0) is 17.9 Å². The summed E-state index contributed by atoms with van der Waals surface area (Å²) in [7, 11) is 0. The Morgan fingerprint density at radius 3 is 2.39 bits per heavy atom. The van der Waals surface area contributed by atoms with Crippen LogP contribution in [0.3, 0.4) is 0 Å². The van der Waals surface area contributed by atoms with E-state index in [-0.39, 0.29) is 11.6 Å². The van der Waals surface area contributed by atoms with Crippen LogP contribution in [0.25, 0.3) is 17.0 Å². The lowest BCUT2D eigenvalue weighted by Crippen LogP contribution is -2.34. The molecule has 0 bridgehead atoms. The summed E-state index contributed by atoms with van der Waals surface area (Å²) in [5.74, 6) is -0.825. The highest BCUT2D eigenvalue weighted by Crippen LogP contribution is 2.24. The van der Waals surface area contributed by atoms with E-state index in [4.69, 9.17) is 11.6 Å². The lowest BCUT2D eigenvalue weighted by molar-refractivity contribution is -0.117. The fourth-order valence-electron chi connectivity index (χ4n) is 3.67. The van der Waals surface area contributed by atoms with Gasteiger partial charge in [0.2, 0.25) is 0 Å². The van der Waals surface area contributed by atoms with Crippen molar-refractivity contribution in [1.82, 2.24) is 15.2 Å². The second kappa shape index (κ2) is 10.2. The summed E-state index contributed by atoms with van der Waals surface area (Å²) in [4.78, 5) is 26.1. The minimum absolute atomic E-state index is 0.148. The zero-order valence-electron chi connectivity index (χ0n) is 18.2. The summed E-state index contributed by atoms with van der Waals surface area (Å²) < 4.78 is 2.11. The standard InChI is InChI=1S/C27H24ClN3O2/c1-2-31-18-20(21-12-7-9-15-25(21)31)16-24(27(33)29-17-19-10-4-3-5-11-19)30-26(32)22-13-6-8-14-23(22)28/h3-16,18H,2,17H2,1H3,(H,29,33)(H,30,32)/b24-16-. The Labute approximate surface area is 197 Å². The molecular weight excluding hydrogens is 434 g/mol. The van der Waals surface area contributed by atoms with E-state index in [0.29, 0.717) is 17.1 Å². The molecule has 0 saturated carbocycles. The average Bonchev–Trinajstić information content (AvgIpc) is 3.20. The molecule has 0 aliphatic heterocycles. The smallest absolute Gasteiger partial charge is 0.268 e. The number of nitrogens with one attached hydrogen (secondary N) is 2. The van der Waals surface area contributed by atoms with Crippen molar-refractivity contribution in [2.75, 3.05) is 0 Å². The molecule has 6 heteroatoms. The Balaban J connectivity index is 1.68. The molecule has 2 N–H and O–H groups in total. The molecule has 0 spiro atoms. The van der Waals surface area contributed by atoms with Crippen LogP contribution in [0.2, 0.25) is 5.02 Å². The van der Waals surface area contributed by atoms with Crippen LogP contribution >= 0.6 is 11.6 Å². The van der Waals surface area contributed by atoms with Crippen molar-refractivity contribution in [3.8, 4) is 0 Å². The monoisotopic (exact) mass is 457 g/mol. The van der Waals surface area contributed by atoms with Gasteiger partial charge in [-0.2, -0.15) is 0 Å². The molecule has 4 aromatic rings. The third kappa shape index (κ3) is 5.16. The number of halogens is 1. The number of nitrogens with zero attached hydrogens (tertiary/aromatic N) is 1. The lowest BCUT2D eigenvalue weighted by Gasteiger charge is -2.12. The molecule has 5 nitrogen and oxygen atoms in total. The van der Waals surface area contributed by atoms with Gasteiger partial charge in [-0.1, -0.05) is 72.3 Å². The molecule has 0 aliphatic carbocycles. The van der Waals surface area contributed by atoms with Crippen molar-refractivity contribution in [3.63, 3.8) is 0 Å². The highest BCUT2D eigenvalue weighted by Gasteiger charge is 2.17. The van der Waals surface area contributed by atoms with Gasteiger partial charge < -0.3 is 15.2 Å². The van der Waals surface area contributed by atoms with Crippen LogP contribution < -0.4 is 10.6 Å². The van der Waals surface area contributed by atoms with Crippen LogP contribution in [0.5, 0.6) is 0 Å². The van der Waals surface area contributed by atoms with Crippen molar-refractivity contribution in [3.05, 3.63) is 112 Å². The maximum absolute atomic E-state index is 13.2. The molecule has 4 rings (SSSR count). The first-order valence-corrected chi connectivity index (χ1v) is 11.1. The van der Waals surface area contributed by atoms with Gasteiger partial charge in [0.15, 0.2) is 0 Å². The third-order valence-corrected chi connectivity index (χ3v) is 5.70. The maximum atomic E-state index is 13.2. The fourth-order valence-corrected chi connectivity index (χ4v) is 3.90. The Bertz CT molecular complexity index is 1330. The summed E-state index contributed by atoms with van der Waals surface area (Å²) in [5.41, 5.74) is 3.32. The molecule has 3 aromatic carbocycles. The first-order chi connectivity index (χ1) is 16.1. The molecule has 0 saturated heterocycles. The van der Waals surface area contributed by atoms with Crippen molar-refractivity contribution in [1.29, 1.82) is 0 Å².